The van der Waals surface area contributed by atoms with E-state index in [1.165, 1.54) is 0 Å². The zero-order valence-electron chi connectivity index (χ0n) is 42.8. The van der Waals surface area contributed by atoms with Crippen LogP contribution in [0.15, 0.2) is 30.3 Å². The molecule has 24 nitrogen and oxygen atoms in total. The predicted molar refractivity (Wildman–Crippen MR) is 283 cm³/mol. The number of hydrogen-bond acceptors (Lipinski definition) is 16. The summed E-state index contributed by atoms with van der Waals surface area (Å²) in [5, 5.41) is 35.5. The summed E-state index contributed by atoms with van der Waals surface area (Å²) in [6.07, 6.45) is 3.23. The number of amides is 10. The molecule has 1 aromatic carbocycles. The van der Waals surface area contributed by atoms with Crippen LogP contribution in [0.4, 0.5) is 0 Å². The van der Waals surface area contributed by atoms with Crippen LogP contribution >= 0.6 is 33.3 Å². The van der Waals surface area contributed by atoms with Gasteiger partial charge in [-0.2, -0.15) is 0 Å². The summed E-state index contributed by atoms with van der Waals surface area (Å²) in [6.45, 7) is 6.19. The molecule has 2 fully saturated rings. The van der Waals surface area contributed by atoms with E-state index in [4.69, 9.17) is 9.47 Å². The van der Waals surface area contributed by atoms with Gasteiger partial charge in [-0.3, -0.25) is 52.7 Å². The number of fused-ring (bicyclic) bond motifs is 5. The molecule has 418 valence electrons. The molecule has 0 radical (unpaired) electrons. The van der Waals surface area contributed by atoms with E-state index in [1.54, 1.807) is 30.3 Å². The number of ether oxygens (including phenoxy) is 2. The number of aliphatic carboxylic acids is 1. The molecule has 2 bridgehead atoms. The Bertz CT molecular complexity index is 2060. The first-order valence-corrected chi connectivity index (χ1v) is 28.8. The number of nitrogens with one attached hydrogen (secondary N) is 10. The van der Waals surface area contributed by atoms with Gasteiger partial charge >= 0.3 is 5.97 Å². The molecule has 10 amide bonds. The van der Waals surface area contributed by atoms with Gasteiger partial charge < -0.3 is 67.7 Å². The van der Waals surface area contributed by atoms with Crippen LogP contribution in [-0.2, 0) is 68.6 Å². The zero-order chi connectivity index (χ0) is 55.0. The second-order valence-corrected chi connectivity index (χ2v) is 21.1. The van der Waals surface area contributed by atoms with Crippen LogP contribution in [-0.4, -0.2) is 182 Å². The van der Waals surface area contributed by atoms with Crippen molar-refractivity contribution in [3.63, 3.8) is 0 Å². The smallest absolute Gasteiger partial charge is 0.305 e. The molecule has 0 unspecified atom stereocenters. The number of rotatable bonds is 22. The fraction of sp³-hybridized carbons (Fsp3) is 0.646. The van der Waals surface area contributed by atoms with E-state index in [1.807, 2.05) is 20.8 Å². The van der Waals surface area contributed by atoms with E-state index in [9.17, 15) is 57.8 Å². The van der Waals surface area contributed by atoms with Crippen molar-refractivity contribution in [2.45, 2.75) is 127 Å². The molecule has 1 aromatic rings. The van der Waals surface area contributed by atoms with Gasteiger partial charge in [0.05, 0.1) is 45.1 Å². The van der Waals surface area contributed by atoms with Crippen molar-refractivity contribution in [1.82, 2.24) is 53.2 Å². The monoisotopic (exact) mass is 1110 g/mol. The van der Waals surface area contributed by atoms with E-state index in [0.717, 1.165) is 46.2 Å². The maximum absolute atomic E-state index is 14.4. The van der Waals surface area contributed by atoms with Gasteiger partial charge in [0, 0.05) is 36.8 Å². The third-order valence-corrected chi connectivity index (χ3v) is 14.7. The Morgan fingerprint density at radius 2 is 1.19 bits per heavy atom. The van der Waals surface area contributed by atoms with Crippen LogP contribution < -0.4 is 53.2 Å². The number of hydrogen-bond donors (Lipinski definition) is 11. The van der Waals surface area contributed by atoms with Gasteiger partial charge in [-0.05, 0) is 24.8 Å². The standard InChI is InChI=1S/C48H74N10O14S3/c1-4-7-10-16-32-44(66)57-36-27-74-75-28-37(58-46(68)34(23-41(62)63)53-39(60)25-51-42(64)31(15-8-5-2)54-47(36)69)48(70)55-33(22-30-13-11-9-12-14-30)45(67)56-35(26-73-29-40(61)52-32)43(65)50-24-38(59)49-17-19-72-21-20-71-18-6-3/h9,11-14,31-37H,4-8,10,15-29H2,1-3H3,(H,49,59)(H,50,65)(H,51,64)(H,52,61)(H,53,60)(H,54,69)(H,55,70)(H,56,67)(H,57,66)(H,58,68)(H,62,63)/t31-,32-,33-,34-,35-,36-,37-/m0/s1. The molecule has 75 heavy (non-hydrogen) atoms. The first kappa shape index (κ1) is 63.7. The van der Waals surface area contributed by atoms with Crippen LogP contribution in [0, 0.1) is 0 Å². The van der Waals surface area contributed by atoms with Crippen molar-refractivity contribution >= 4 is 98.4 Å². The van der Waals surface area contributed by atoms with Crippen LogP contribution in [0.2, 0.25) is 0 Å². The molecule has 2 heterocycles. The third-order valence-electron chi connectivity index (χ3n) is 11.3. The average molecular weight is 1110 g/mol. The number of carboxylic acid groups (broad SMARTS) is 1. The Morgan fingerprint density at radius 1 is 0.600 bits per heavy atom. The first-order valence-electron chi connectivity index (χ1n) is 25.2. The number of thioether (sulfide) groups is 1. The Morgan fingerprint density at radius 3 is 1.83 bits per heavy atom. The number of carbonyl (C=O) groups is 11. The van der Waals surface area contributed by atoms with Gasteiger partial charge in [-0.1, -0.05) is 105 Å². The molecule has 2 aliphatic heterocycles. The molecular weight excluding hydrogens is 1040 g/mol. The summed E-state index contributed by atoms with van der Waals surface area (Å²) >= 11 is 0.931. The van der Waals surface area contributed by atoms with E-state index in [0.29, 0.717) is 51.1 Å². The van der Waals surface area contributed by atoms with Crippen LogP contribution in [0.5, 0.6) is 0 Å². The van der Waals surface area contributed by atoms with Crippen molar-refractivity contribution in [1.29, 1.82) is 0 Å². The van der Waals surface area contributed by atoms with Gasteiger partial charge in [0.2, 0.25) is 59.1 Å². The summed E-state index contributed by atoms with van der Waals surface area (Å²) in [5.41, 5.74) is 0.574. The molecule has 3 rings (SSSR count). The van der Waals surface area contributed by atoms with E-state index in [2.05, 4.69) is 53.2 Å². The van der Waals surface area contributed by atoms with Crippen LogP contribution in [0.3, 0.4) is 0 Å². The van der Waals surface area contributed by atoms with Crippen LogP contribution in [0.25, 0.3) is 0 Å². The fourth-order valence-electron chi connectivity index (χ4n) is 7.25. The lowest BCUT2D eigenvalue weighted by molar-refractivity contribution is -0.141. The predicted octanol–water partition coefficient (Wildman–Crippen LogP) is -1.20. The summed E-state index contributed by atoms with van der Waals surface area (Å²) in [6, 6.07) is -1.27. The molecule has 27 heteroatoms. The van der Waals surface area contributed by atoms with Gasteiger partial charge in [0.1, 0.15) is 42.3 Å². The minimum atomic E-state index is -1.75. The quantitative estimate of drug-likeness (QED) is 0.0480. The fourth-order valence-corrected chi connectivity index (χ4v) is 10.4. The topological polar surface area (TPSA) is 347 Å². The molecule has 0 aliphatic carbocycles. The normalized spacial score (nSPS) is 23.2. The van der Waals surface area contributed by atoms with Crippen molar-refractivity contribution in [3.8, 4) is 0 Å². The summed E-state index contributed by atoms with van der Waals surface area (Å²) < 4.78 is 10.8. The zero-order valence-corrected chi connectivity index (χ0v) is 45.2. The van der Waals surface area contributed by atoms with Gasteiger partial charge in [0.15, 0.2) is 0 Å². The second-order valence-electron chi connectivity index (χ2n) is 17.6. The Hall–Kier alpha value is -5.64. The van der Waals surface area contributed by atoms with Crippen molar-refractivity contribution in [2.24, 2.45) is 0 Å². The highest BCUT2D eigenvalue weighted by Gasteiger charge is 2.35. The lowest BCUT2D eigenvalue weighted by Crippen LogP contribution is -2.60. The number of carbonyl (C=O) groups excluding carboxylic acids is 10. The van der Waals surface area contributed by atoms with E-state index in [-0.39, 0.29) is 55.4 Å². The van der Waals surface area contributed by atoms with Gasteiger partial charge in [-0.25, -0.2) is 0 Å². The maximum atomic E-state index is 14.4. The minimum absolute atomic E-state index is 0.130. The molecule has 2 saturated heterocycles. The highest BCUT2D eigenvalue weighted by Crippen LogP contribution is 2.24. The molecule has 0 saturated carbocycles. The Kier molecular flexibility index (Phi) is 30.9. The lowest BCUT2D eigenvalue weighted by Gasteiger charge is -2.27. The van der Waals surface area contributed by atoms with Crippen molar-refractivity contribution in [3.05, 3.63) is 35.9 Å². The molecule has 0 aromatic heterocycles. The van der Waals surface area contributed by atoms with Crippen molar-refractivity contribution < 1.29 is 67.3 Å². The maximum Gasteiger partial charge on any atom is 0.305 e. The SMILES string of the molecule is CCCCC[C@@H]1NC(=O)CSC[C@@H](C(=O)NCC(=O)NCCOCCOCCC)NC(=O)[C@H](Cc2ccccc2)NC(=O)[C@@H]2CSSC[C@H](NC1=O)C(=O)N[C@@H](CCCC)C(=O)NCC(=O)N[C@@H](CC(=O)O)C(=O)N2. The van der Waals surface area contributed by atoms with E-state index >= 15 is 0 Å². The number of unbranched alkanes of at least 4 members (excludes halogenated alkanes) is 3. The minimum Gasteiger partial charge on any atom is -0.481 e. The van der Waals surface area contributed by atoms with Crippen LogP contribution in [0.1, 0.15) is 84.1 Å². The third kappa shape index (κ3) is 25.6. The van der Waals surface area contributed by atoms with Crippen molar-refractivity contribution in [2.75, 3.05) is 69.1 Å². The summed E-state index contributed by atoms with van der Waals surface area (Å²) in [7, 11) is 1.98. The molecule has 2 aliphatic rings. The highest BCUT2D eigenvalue weighted by atomic mass is 33.1. The largest absolute Gasteiger partial charge is 0.481 e. The summed E-state index contributed by atoms with van der Waals surface area (Å²) in [5.74, 6) is -10.6. The molecule has 11 N–H and O–H groups in total. The number of benzene rings is 1. The Labute approximate surface area is 449 Å². The molecule has 7 atom stereocenters. The van der Waals surface area contributed by atoms with Gasteiger partial charge in [-0.15, -0.1) is 11.8 Å². The Balaban J connectivity index is 2.07. The summed E-state index contributed by atoms with van der Waals surface area (Å²) in [4.78, 5) is 150. The molecule has 0 spiro atoms. The second kappa shape index (κ2) is 36.4. The van der Waals surface area contributed by atoms with Gasteiger partial charge in [0.25, 0.3) is 0 Å². The van der Waals surface area contributed by atoms with E-state index < -0.39 is 127 Å². The highest BCUT2D eigenvalue weighted by molar-refractivity contribution is 8.76. The lowest BCUT2D eigenvalue weighted by atomic mass is 10.0. The first-order chi connectivity index (χ1) is 36.0. The number of carboxylic acids is 1. The average Bonchev–Trinajstić information content (AvgIpc) is 3.38. The molecular formula is C48H74N10O14S3.